The maximum absolute atomic E-state index is 14.1. The Kier molecular flexibility index (Phi) is 3.04. The van der Waals surface area contributed by atoms with Crippen LogP contribution in [0, 0.1) is 11.6 Å². The van der Waals surface area contributed by atoms with Crippen LogP contribution in [0.5, 0.6) is 0 Å². The molecule has 0 saturated heterocycles. The van der Waals surface area contributed by atoms with E-state index >= 15 is 0 Å². The monoisotopic (exact) mass is 275 g/mol. The summed E-state index contributed by atoms with van der Waals surface area (Å²) in [5, 5.41) is 0. The van der Waals surface area contributed by atoms with E-state index in [0.717, 1.165) is 30.2 Å². The van der Waals surface area contributed by atoms with Crippen LogP contribution in [0.3, 0.4) is 0 Å². The van der Waals surface area contributed by atoms with E-state index in [-0.39, 0.29) is 17.7 Å². The van der Waals surface area contributed by atoms with Gasteiger partial charge in [0.1, 0.15) is 0 Å². The Labute approximate surface area is 116 Å². The lowest BCUT2D eigenvalue weighted by Crippen LogP contribution is -2.34. The zero-order chi connectivity index (χ0) is 14.3. The van der Waals surface area contributed by atoms with Gasteiger partial charge in [0, 0.05) is 17.8 Å². The van der Waals surface area contributed by atoms with Crippen molar-refractivity contribution in [1.82, 2.24) is 4.98 Å². The number of hydrogen-bond donors (Lipinski definition) is 1. The van der Waals surface area contributed by atoms with Crippen molar-refractivity contribution in [2.24, 2.45) is 0 Å². The first-order valence-corrected chi connectivity index (χ1v) is 6.56. The molecule has 3 rings (SSSR count). The lowest BCUT2D eigenvalue weighted by atomic mass is 9.96. The third-order valence-electron chi connectivity index (χ3n) is 3.69. The van der Waals surface area contributed by atoms with Gasteiger partial charge in [0.05, 0.1) is 0 Å². The molecule has 0 aliphatic carbocycles. The van der Waals surface area contributed by atoms with Crippen LogP contribution in [-0.2, 0) is 6.42 Å². The number of pyridine rings is 1. The molecule has 5 heteroatoms. The molecule has 3 nitrogen and oxygen atoms in total. The second-order valence-corrected chi connectivity index (χ2v) is 5.05. The summed E-state index contributed by atoms with van der Waals surface area (Å²) in [5.74, 6) is -1.72. The molecular weight excluding hydrogens is 260 g/mol. The largest absolute Gasteiger partial charge is 0.381 e. The Hall–Kier alpha value is -2.17. The van der Waals surface area contributed by atoms with Crippen LogP contribution in [0.15, 0.2) is 30.3 Å². The zero-order valence-corrected chi connectivity index (χ0v) is 11.1. The predicted octanol–water partition coefficient (Wildman–Crippen LogP) is 3.41. The summed E-state index contributed by atoms with van der Waals surface area (Å²) < 4.78 is 27.4. The molecule has 0 amide bonds. The summed E-state index contributed by atoms with van der Waals surface area (Å²) in [6.07, 6.45) is 1.82. The van der Waals surface area contributed by atoms with Crippen molar-refractivity contribution in [2.75, 3.05) is 10.6 Å². The molecule has 0 fully saturated rings. The summed E-state index contributed by atoms with van der Waals surface area (Å²) in [7, 11) is 0. The number of nitrogens with two attached hydrogens (primary N) is 1. The van der Waals surface area contributed by atoms with Gasteiger partial charge in [-0.3, -0.25) is 0 Å². The number of rotatable bonds is 1. The van der Waals surface area contributed by atoms with Gasteiger partial charge in [-0.15, -0.1) is 0 Å². The first kappa shape index (κ1) is 12.8. The molecule has 1 aromatic carbocycles. The maximum atomic E-state index is 14.1. The first-order valence-electron chi connectivity index (χ1n) is 6.56. The first-order chi connectivity index (χ1) is 9.58. The molecule has 0 radical (unpaired) electrons. The third-order valence-corrected chi connectivity index (χ3v) is 3.69. The third kappa shape index (κ3) is 1.99. The SMILES string of the molecule is CC1CCc2ccccc2N1c1nc(N)c(F)cc1F. The van der Waals surface area contributed by atoms with Crippen molar-refractivity contribution in [3.63, 3.8) is 0 Å². The fourth-order valence-corrected chi connectivity index (χ4v) is 2.65. The predicted molar refractivity (Wildman–Crippen MR) is 74.9 cm³/mol. The van der Waals surface area contributed by atoms with E-state index in [0.29, 0.717) is 0 Å². The fourth-order valence-electron chi connectivity index (χ4n) is 2.65. The lowest BCUT2D eigenvalue weighted by molar-refractivity contribution is 0.556. The van der Waals surface area contributed by atoms with Crippen LogP contribution in [0.2, 0.25) is 0 Å². The van der Waals surface area contributed by atoms with E-state index in [4.69, 9.17) is 5.73 Å². The minimum Gasteiger partial charge on any atom is -0.381 e. The van der Waals surface area contributed by atoms with Gasteiger partial charge in [0.2, 0.25) is 0 Å². The Morgan fingerprint density at radius 2 is 2.00 bits per heavy atom. The van der Waals surface area contributed by atoms with Crippen molar-refractivity contribution < 1.29 is 8.78 Å². The molecule has 2 heterocycles. The number of halogens is 2. The van der Waals surface area contributed by atoms with Crippen LogP contribution in [0.1, 0.15) is 18.9 Å². The van der Waals surface area contributed by atoms with Gasteiger partial charge in [-0.1, -0.05) is 18.2 Å². The number of nitrogens with zero attached hydrogens (tertiary/aromatic N) is 2. The highest BCUT2D eigenvalue weighted by molar-refractivity contribution is 5.67. The normalized spacial score (nSPS) is 17.9. The average molecular weight is 275 g/mol. The van der Waals surface area contributed by atoms with Gasteiger partial charge in [0.15, 0.2) is 23.3 Å². The summed E-state index contributed by atoms with van der Waals surface area (Å²) >= 11 is 0. The molecule has 1 aliphatic rings. The minimum absolute atomic E-state index is 0.0803. The topological polar surface area (TPSA) is 42.2 Å². The molecule has 1 atom stereocenters. The highest BCUT2D eigenvalue weighted by Gasteiger charge is 2.27. The molecule has 2 aromatic rings. The van der Waals surface area contributed by atoms with Crippen LogP contribution in [0.25, 0.3) is 0 Å². The van der Waals surface area contributed by atoms with Crippen LogP contribution in [0.4, 0.5) is 26.1 Å². The molecule has 1 aromatic heterocycles. The number of anilines is 3. The van der Waals surface area contributed by atoms with Crippen molar-refractivity contribution in [3.8, 4) is 0 Å². The smallest absolute Gasteiger partial charge is 0.172 e. The molecule has 0 spiro atoms. The molecule has 104 valence electrons. The number of nitrogen functional groups attached to an aromatic ring is 1. The summed E-state index contributed by atoms with van der Waals surface area (Å²) in [5.41, 5.74) is 7.52. The van der Waals surface area contributed by atoms with E-state index in [1.54, 1.807) is 4.90 Å². The standard InChI is InChI=1S/C15H15F2N3/c1-9-6-7-10-4-2-3-5-13(10)20(9)15-12(17)8-11(16)14(18)19-15/h2-5,8-9H,6-7H2,1H3,(H2,18,19). The van der Waals surface area contributed by atoms with Gasteiger partial charge in [-0.2, -0.15) is 0 Å². The van der Waals surface area contributed by atoms with Gasteiger partial charge in [-0.25, -0.2) is 13.8 Å². The second kappa shape index (κ2) is 4.74. The van der Waals surface area contributed by atoms with E-state index in [2.05, 4.69) is 4.98 Å². The number of benzene rings is 1. The highest BCUT2D eigenvalue weighted by Crippen LogP contribution is 2.37. The number of aromatic nitrogens is 1. The molecule has 2 N–H and O–H groups in total. The minimum atomic E-state index is -0.829. The van der Waals surface area contributed by atoms with Gasteiger partial charge in [-0.05, 0) is 31.4 Å². The van der Waals surface area contributed by atoms with Crippen molar-refractivity contribution in [2.45, 2.75) is 25.8 Å². The van der Waals surface area contributed by atoms with E-state index in [1.165, 1.54) is 0 Å². The quantitative estimate of drug-likeness (QED) is 0.867. The Balaban J connectivity index is 2.16. The van der Waals surface area contributed by atoms with Crippen molar-refractivity contribution in [3.05, 3.63) is 47.5 Å². The Morgan fingerprint density at radius 1 is 1.25 bits per heavy atom. The van der Waals surface area contributed by atoms with E-state index in [9.17, 15) is 8.78 Å². The summed E-state index contributed by atoms with van der Waals surface area (Å²) in [4.78, 5) is 5.69. The summed E-state index contributed by atoms with van der Waals surface area (Å²) in [6, 6.07) is 8.66. The molecule has 20 heavy (non-hydrogen) atoms. The Bertz CT molecular complexity index is 658. The van der Waals surface area contributed by atoms with Gasteiger partial charge < -0.3 is 10.6 Å². The fraction of sp³-hybridized carbons (Fsp3) is 0.267. The van der Waals surface area contributed by atoms with Crippen LogP contribution in [-0.4, -0.2) is 11.0 Å². The van der Waals surface area contributed by atoms with E-state index in [1.807, 2.05) is 31.2 Å². The van der Waals surface area contributed by atoms with Crippen LogP contribution >= 0.6 is 0 Å². The molecular formula is C15H15F2N3. The number of para-hydroxylation sites is 1. The zero-order valence-electron chi connectivity index (χ0n) is 11.1. The average Bonchev–Trinajstić information content (AvgIpc) is 2.43. The van der Waals surface area contributed by atoms with Gasteiger partial charge in [0.25, 0.3) is 0 Å². The van der Waals surface area contributed by atoms with Crippen molar-refractivity contribution >= 4 is 17.3 Å². The molecule has 0 bridgehead atoms. The second-order valence-electron chi connectivity index (χ2n) is 5.05. The van der Waals surface area contributed by atoms with E-state index < -0.39 is 11.6 Å². The number of hydrogen-bond acceptors (Lipinski definition) is 3. The number of fused-ring (bicyclic) bond motifs is 1. The lowest BCUT2D eigenvalue weighted by Gasteiger charge is -2.36. The van der Waals surface area contributed by atoms with Crippen LogP contribution < -0.4 is 10.6 Å². The summed E-state index contributed by atoms with van der Waals surface area (Å²) in [6.45, 7) is 2.00. The number of aryl methyl sites for hydroxylation is 1. The molecule has 1 aliphatic heterocycles. The molecule has 1 unspecified atom stereocenters. The Morgan fingerprint density at radius 3 is 2.80 bits per heavy atom. The highest BCUT2D eigenvalue weighted by atomic mass is 19.1. The van der Waals surface area contributed by atoms with Crippen molar-refractivity contribution in [1.29, 1.82) is 0 Å². The maximum Gasteiger partial charge on any atom is 0.172 e. The molecule has 0 saturated carbocycles. The van der Waals surface area contributed by atoms with Gasteiger partial charge >= 0.3 is 0 Å².